The molecule has 4 rings (SSSR count). The average Bonchev–Trinajstić information content (AvgIpc) is 2.90. The van der Waals surface area contributed by atoms with E-state index < -0.39 is 23.9 Å². The van der Waals surface area contributed by atoms with Crippen molar-refractivity contribution in [1.29, 1.82) is 0 Å². The van der Waals surface area contributed by atoms with Gasteiger partial charge in [-0.25, -0.2) is 0 Å². The van der Waals surface area contributed by atoms with E-state index in [1.54, 1.807) is 24.3 Å². The van der Waals surface area contributed by atoms with Crippen molar-refractivity contribution in [3.63, 3.8) is 0 Å². The molecule has 0 aromatic heterocycles. The van der Waals surface area contributed by atoms with Gasteiger partial charge in [-0.2, -0.15) is 0 Å². The Morgan fingerprint density at radius 1 is 0.415 bits per heavy atom. The Kier molecular flexibility index (Phi) is 16.5. The number of carboxylic acids is 4. The molecule has 0 aromatic rings. The van der Waals surface area contributed by atoms with Crippen LogP contribution in [-0.2, 0) is 64.6 Å². The third kappa shape index (κ3) is 12.8. The van der Waals surface area contributed by atoms with E-state index in [4.69, 9.17) is 0 Å². The molecule has 0 heterocycles. The van der Waals surface area contributed by atoms with Gasteiger partial charge in [0.15, 0.2) is 23.1 Å². The van der Waals surface area contributed by atoms with Crippen molar-refractivity contribution in [2.24, 2.45) is 0 Å². The summed E-state index contributed by atoms with van der Waals surface area (Å²) in [6.07, 6.45) is 18.2. The summed E-state index contributed by atoms with van der Waals surface area (Å²) in [5.41, 5.74) is -0.935. The molecule has 4 aliphatic rings. The number of allylic oxidation sites excluding steroid dienone is 12. The summed E-state index contributed by atoms with van der Waals surface area (Å²) in [6.45, 7) is 0. The van der Waals surface area contributed by atoms with Gasteiger partial charge in [-0.3, -0.25) is 19.2 Å². The number of carboxylic acid groups (broad SMARTS) is 4. The van der Waals surface area contributed by atoms with E-state index in [-0.39, 0.29) is 97.3 Å². The van der Waals surface area contributed by atoms with Crippen LogP contribution in [0.4, 0.5) is 0 Å². The number of Topliss-reactive ketones (excluding diaryl/α,β-unsaturated/α-hetero) is 4. The fraction of sp³-hybridized carbons (Fsp3) is 0.143. The predicted octanol–water partition coefficient (Wildman–Crippen LogP) is -3.24. The Balaban J connectivity index is 0.000000516. The second-order valence-corrected chi connectivity index (χ2v) is 7.69. The molecule has 0 amide bonds. The second kappa shape index (κ2) is 18.6. The van der Waals surface area contributed by atoms with Crippen LogP contribution in [0.15, 0.2) is 95.2 Å². The van der Waals surface area contributed by atoms with Gasteiger partial charge >= 0.3 is 26.2 Å². The monoisotopic (exact) mass is 638 g/mol. The molecule has 0 aliphatic heterocycles. The molecular formula is C28H20O12Zr. The first kappa shape index (κ1) is 36.4. The van der Waals surface area contributed by atoms with Gasteiger partial charge in [0.05, 0.1) is 23.9 Å². The SMILES string of the molecule is O=C([O-])C1=CC=CCC1=O.O=C([O-])C1=CC=CCC1=O.O=C([O-])C1=CC=CCC1=O.O=C([O-])C1=CC=CCC1=O.[Zr+4]. The van der Waals surface area contributed by atoms with Crippen molar-refractivity contribution < 1.29 is 85.0 Å². The molecule has 0 unspecified atom stereocenters. The maximum Gasteiger partial charge on any atom is 4.00 e. The van der Waals surface area contributed by atoms with Gasteiger partial charge in [-0.05, 0) is 24.3 Å². The molecule has 0 spiro atoms. The minimum atomic E-state index is -1.39. The summed E-state index contributed by atoms with van der Waals surface area (Å²) < 4.78 is 0. The van der Waals surface area contributed by atoms with Crippen LogP contribution in [-0.4, -0.2) is 47.0 Å². The molecule has 4 aliphatic carbocycles. The van der Waals surface area contributed by atoms with Crippen LogP contribution in [0.1, 0.15) is 25.7 Å². The molecule has 0 atom stereocenters. The van der Waals surface area contributed by atoms with Crippen molar-refractivity contribution in [3.05, 3.63) is 95.2 Å². The third-order valence-corrected chi connectivity index (χ3v) is 4.89. The largest absolute Gasteiger partial charge is 4.00 e. The van der Waals surface area contributed by atoms with E-state index in [1.807, 2.05) is 0 Å². The summed E-state index contributed by atoms with van der Waals surface area (Å²) in [7, 11) is 0. The molecule has 0 aromatic carbocycles. The summed E-state index contributed by atoms with van der Waals surface area (Å²) >= 11 is 0. The van der Waals surface area contributed by atoms with Gasteiger partial charge in [-0.1, -0.05) is 48.6 Å². The van der Waals surface area contributed by atoms with E-state index in [9.17, 15) is 58.8 Å². The maximum absolute atomic E-state index is 10.7. The number of rotatable bonds is 4. The van der Waals surface area contributed by atoms with Crippen molar-refractivity contribution in [1.82, 2.24) is 0 Å². The van der Waals surface area contributed by atoms with Crippen molar-refractivity contribution in [2.45, 2.75) is 25.7 Å². The molecule has 0 saturated heterocycles. The average molecular weight is 640 g/mol. The summed E-state index contributed by atoms with van der Waals surface area (Å²) in [6, 6.07) is 0. The normalized spacial score (nSPS) is 16.4. The fourth-order valence-corrected chi connectivity index (χ4v) is 2.90. The van der Waals surface area contributed by atoms with Gasteiger partial charge < -0.3 is 39.6 Å². The van der Waals surface area contributed by atoms with Gasteiger partial charge in [0.1, 0.15) is 0 Å². The molecule has 12 nitrogen and oxygen atoms in total. The number of ketones is 4. The number of hydrogen-bond donors (Lipinski definition) is 0. The van der Waals surface area contributed by atoms with E-state index in [0.717, 1.165) is 0 Å². The zero-order valence-electron chi connectivity index (χ0n) is 21.2. The van der Waals surface area contributed by atoms with Crippen LogP contribution in [0.5, 0.6) is 0 Å². The zero-order valence-corrected chi connectivity index (χ0v) is 23.6. The van der Waals surface area contributed by atoms with Gasteiger partial charge in [-0.15, -0.1) is 0 Å². The molecule has 0 radical (unpaired) electrons. The molecule has 208 valence electrons. The number of carbonyl (C=O) groups excluding carboxylic acids is 8. The minimum Gasteiger partial charge on any atom is -0.545 e. The topological polar surface area (TPSA) is 229 Å². The molecule has 41 heavy (non-hydrogen) atoms. The Labute approximate surface area is 252 Å². The van der Waals surface area contributed by atoms with E-state index in [2.05, 4.69) is 0 Å². The van der Waals surface area contributed by atoms with E-state index in [1.165, 1.54) is 48.6 Å². The number of hydrogen-bond acceptors (Lipinski definition) is 12. The molecule has 0 saturated carbocycles. The van der Waals surface area contributed by atoms with Crippen molar-refractivity contribution in [3.8, 4) is 0 Å². The maximum atomic E-state index is 10.7. The zero-order chi connectivity index (χ0) is 30.2. The summed E-state index contributed by atoms with van der Waals surface area (Å²) in [5, 5.41) is 40.5. The summed E-state index contributed by atoms with van der Waals surface area (Å²) in [4.78, 5) is 83.3. The number of aliphatic carboxylic acids is 4. The summed E-state index contributed by atoms with van der Waals surface area (Å²) in [5.74, 6) is -7.12. The molecule has 13 heteroatoms. The van der Waals surface area contributed by atoms with Crippen molar-refractivity contribution >= 4 is 47.0 Å². The van der Waals surface area contributed by atoms with Crippen LogP contribution in [0.25, 0.3) is 0 Å². The van der Waals surface area contributed by atoms with Gasteiger partial charge in [0.25, 0.3) is 0 Å². The Morgan fingerprint density at radius 2 is 0.585 bits per heavy atom. The predicted molar refractivity (Wildman–Crippen MR) is 127 cm³/mol. The minimum absolute atomic E-state index is 0. The first-order chi connectivity index (χ1) is 18.9. The van der Waals surface area contributed by atoms with Crippen LogP contribution in [0, 0.1) is 0 Å². The smallest absolute Gasteiger partial charge is 0.545 e. The quantitative estimate of drug-likeness (QED) is 0.277. The third-order valence-electron chi connectivity index (χ3n) is 4.89. The molecule has 0 bridgehead atoms. The van der Waals surface area contributed by atoms with Crippen LogP contribution >= 0.6 is 0 Å². The van der Waals surface area contributed by atoms with Crippen molar-refractivity contribution in [2.75, 3.05) is 0 Å². The standard InChI is InChI=1S/4C7H6O3.Zr/c4*8-6-4-2-1-3-5(6)7(9)10;/h4*1-3H,4H2,(H,9,10);/q;;;;+4/p-4. The number of carbonyl (C=O) groups is 8. The van der Waals surface area contributed by atoms with Crippen LogP contribution in [0.2, 0.25) is 0 Å². The van der Waals surface area contributed by atoms with Crippen LogP contribution < -0.4 is 20.4 Å². The van der Waals surface area contributed by atoms with Gasteiger partial charge in [0, 0.05) is 48.0 Å². The Bertz CT molecular complexity index is 1160. The first-order valence-corrected chi connectivity index (χ1v) is 11.3. The Hall–Kier alpha value is -4.64. The second-order valence-electron chi connectivity index (χ2n) is 7.69. The molecule has 0 N–H and O–H groups in total. The first-order valence-electron chi connectivity index (χ1n) is 11.3. The Morgan fingerprint density at radius 3 is 0.683 bits per heavy atom. The van der Waals surface area contributed by atoms with Crippen LogP contribution in [0.3, 0.4) is 0 Å². The van der Waals surface area contributed by atoms with Gasteiger partial charge in [0.2, 0.25) is 0 Å². The van der Waals surface area contributed by atoms with E-state index >= 15 is 0 Å². The van der Waals surface area contributed by atoms with E-state index in [0.29, 0.717) is 0 Å². The molecular weight excluding hydrogens is 620 g/mol. The molecule has 0 fully saturated rings. The fourth-order valence-electron chi connectivity index (χ4n) is 2.90.